The second-order valence-corrected chi connectivity index (χ2v) is 5.56. The lowest BCUT2D eigenvalue weighted by Crippen LogP contribution is -2.25. The number of benzene rings is 2. The van der Waals surface area contributed by atoms with Crippen molar-refractivity contribution in [2.24, 2.45) is 0 Å². The van der Waals surface area contributed by atoms with Gasteiger partial charge in [-0.3, -0.25) is 4.79 Å². The van der Waals surface area contributed by atoms with Gasteiger partial charge < -0.3 is 14.5 Å². The third-order valence-electron chi connectivity index (χ3n) is 3.88. The number of hydrogen-bond donors (Lipinski definition) is 1. The van der Waals surface area contributed by atoms with E-state index in [-0.39, 0.29) is 11.9 Å². The van der Waals surface area contributed by atoms with Crippen LogP contribution in [-0.4, -0.2) is 25.0 Å². The molecule has 5 heteroatoms. The first-order valence-corrected chi connectivity index (χ1v) is 8.19. The van der Waals surface area contributed by atoms with Gasteiger partial charge in [-0.15, -0.1) is 0 Å². The average molecular weight is 337 g/mol. The molecule has 0 atom stereocenters. The zero-order chi connectivity index (χ0) is 17.6. The molecule has 25 heavy (non-hydrogen) atoms. The Morgan fingerprint density at radius 3 is 2.64 bits per heavy atom. The molecule has 0 radical (unpaired) electrons. The molecule has 0 aliphatic heterocycles. The van der Waals surface area contributed by atoms with Crippen molar-refractivity contribution in [3.05, 3.63) is 71.5 Å². The van der Waals surface area contributed by atoms with Gasteiger partial charge in [0.15, 0.2) is 0 Å². The van der Waals surface area contributed by atoms with E-state index in [1.165, 1.54) is 0 Å². The number of ether oxygens (including phenoxy) is 1. The third kappa shape index (κ3) is 3.88. The molecule has 1 N–H and O–H groups in total. The summed E-state index contributed by atoms with van der Waals surface area (Å²) in [5.41, 5.74) is 2.77. The number of nitrogens with one attached hydrogen (secondary N) is 1. The highest BCUT2D eigenvalue weighted by Gasteiger charge is 2.12. The highest BCUT2D eigenvalue weighted by molar-refractivity contribution is 5.95. The first kappa shape index (κ1) is 16.8. The Hall–Kier alpha value is -3.08. The molecule has 0 fully saturated rings. The lowest BCUT2D eigenvalue weighted by molar-refractivity contribution is 0.0526. The summed E-state index contributed by atoms with van der Waals surface area (Å²) < 4.78 is 10.5. The van der Waals surface area contributed by atoms with Gasteiger partial charge in [-0.25, -0.2) is 4.79 Å². The van der Waals surface area contributed by atoms with Crippen LogP contribution in [0.4, 0.5) is 0 Å². The number of carbonyl (C=O) groups is 2. The van der Waals surface area contributed by atoms with Crippen LogP contribution in [0, 0.1) is 0 Å². The van der Waals surface area contributed by atoms with Crippen LogP contribution in [0.3, 0.4) is 0 Å². The van der Waals surface area contributed by atoms with Crippen molar-refractivity contribution in [1.29, 1.82) is 0 Å². The van der Waals surface area contributed by atoms with Gasteiger partial charge in [0.1, 0.15) is 5.58 Å². The SMILES string of the molecule is CCOC(=O)c1ccc2occ(CCNC(=O)c3ccccc3)c2c1. The van der Waals surface area contributed by atoms with Gasteiger partial charge in [-0.05, 0) is 49.2 Å². The van der Waals surface area contributed by atoms with E-state index in [2.05, 4.69) is 5.32 Å². The Morgan fingerprint density at radius 2 is 1.88 bits per heavy atom. The second kappa shape index (κ2) is 7.66. The van der Waals surface area contributed by atoms with Crippen LogP contribution in [0.15, 0.2) is 59.2 Å². The fourth-order valence-electron chi connectivity index (χ4n) is 2.62. The third-order valence-corrected chi connectivity index (χ3v) is 3.88. The zero-order valence-electron chi connectivity index (χ0n) is 14.0. The molecule has 3 rings (SSSR count). The number of furan rings is 1. The Kier molecular flexibility index (Phi) is 5.14. The summed E-state index contributed by atoms with van der Waals surface area (Å²) in [5.74, 6) is -0.463. The molecule has 0 saturated heterocycles. The van der Waals surface area contributed by atoms with Gasteiger partial charge in [-0.2, -0.15) is 0 Å². The van der Waals surface area contributed by atoms with Crippen LogP contribution >= 0.6 is 0 Å². The standard InChI is InChI=1S/C20H19NO4/c1-2-24-20(23)15-8-9-18-17(12-15)16(13-25-18)10-11-21-19(22)14-6-4-3-5-7-14/h3-9,12-13H,2,10-11H2,1H3,(H,21,22). The van der Waals surface area contributed by atoms with Crippen molar-refractivity contribution in [3.8, 4) is 0 Å². The van der Waals surface area contributed by atoms with E-state index >= 15 is 0 Å². The number of amides is 1. The number of fused-ring (bicyclic) bond motifs is 1. The first-order valence-electron chi connectivity index (χ1n) is 8.19. The van der Waals surface area contributed by atoms with Crippen LogP contribution in [0.2, 0.25) is 0 Å². The number of carbonyl (C=O) groups excluding carboxylic acids is 2. The minimum Gasteiger partial charge on any atom is -0.464 e. The molecule has 1 amide bonds. The first-order chi connectivity index (χ1) is 12.2. The maximum absolute atomic E-state index is 12.1. The molecule has 0 aliphatic carbocycles. The molecular formula is C20H19NO4. The van der Waals surface area contributed by atoms with Crippen LogP contribution in [0.5, 0.6) is 0 Å². The fraction of sp³-hybridized carbons (Fsp3) is 0.200. The van der Waals surface area contributed by atoms with Gasteiger partial charge in [0.25, 0.3) is 5.91 Å². The van der Waals surface area contributed by atoms with Crippen LogP contribution in [0.25, 0.3) is 11.0 Å². The van der Waals surface area contributed by atoms with E-state index in [1.54, 1.807) is 43.5 Å². The summed E-state index contributed by atoms with van der Waals surface area (Å²) >= 11 is 0. The predicted octanol–water partition coefficient (Wildman–Crippen LogP) is 3.58. The smallest absolute Gasteiger partial charge is 0.338 e. The summed E-state index contributed by atoms with van der Waals surface area (Å²) in [7, 11) is 0. The molecule has 3 aromatic rings. The Balaban J connectivity index is 1.68. The second-order valence-electron chi connectivity index (χ2n) is 5.56. The predicted molar refractivity (Wildman–Crippen MR) is 94.6 cm³/mol. The molecule has 128 valence electrons. The van der Waals surface area contributed by atoms with Crippen LogP contribution in [-0.2, 0) is 11.2 Å². The topological polar surface area (TPSA) is 68.5 Å². The molecule has 0 bridgehead atoms. The lowest BCUT2D eigenvalue weighted by atomic mass is 10.1. The zero-order valence-corrected chi connectivity index (χ0v) is 14.0. The van der Waals surface area contributed by atoms with E-state index in [0.29, 0.717) is 36.3 Å². The Bertz CT molecular complexity index is 883. The maximum atomic E-state index is 12.1. The summed E-state index contributed by atoms with van der Waals surface area (Å²) in [4.78, 5) is 23.9. The Morgan fingerprint density at radius 1 is 1.08 bits per heavy atom. The molecule has 0 aliphatic rings. The van der Waals surface area contributed by atoms with E-state index in [4.69, 9.17) is 9.15 Å². The highest BCUT2D eigenvalue weighted by Crippen LogP contribution is 2.23. The minimum atomic E-state index is -0.353. The lowest BCUT2D eigenvalue weighted by Gasteiger charge is -2.05. The highest BCUT2D eigenvalue weighted by atomic mass is 16.5. The number of rotatable bonds is 6. The molecule has 1 aromatic heterocycles. The van der Waals surface area contributed by atoms with Crippen molar-refractivity contribution in [1.82, 2.24) is 5.32 Å². The fourth-order valence-corrected chi connectivity index (χ4v) is 2.62. The number of hydrogen-bond acceptors (Lipinski definition) is 4. The summed E-state index contributed by atoms with van der Waals surface area (Å²) in [6, 6.07) is 14.3. The van der Waals surface area contributed by atoms with Crippen molar-refractivity contribution < 1.29 is 18.7 Å². The summed E-state index contributed by atoms with van der Waals surface area (Å²) in [6.07, 6.45) is 2.27. The van der Waals surface area contributed by atoms with Gasteiger partial charge in [0, 0.05) is 17.5 Å². The van der Waals surface area contributed by atoms with Crippen LogP contribution < -0.4 is 5.32 Å². The molecule has 0 saturated carbocycles. The van der Waals surface area contributed by atoms with E-state index in [9.17, 15) is 9.59 Å². The summed E-state index contributed by atoms with van der Waals surface area (Å²) in [6.45, 7) is 2.59. The minimum absolute atomic E-state index is 0.111. The quantitative estimate of drug-likeness (QED) is 0.698. The van der Waals surface area contributed by atoms with Crippen LogP contribution in [0.1, 0.15) is 33.2 Å². The molecule has 0 unspecified atom stereocenters. The molecule has 0 spiro atoms. The summed E-state index contributed by atoms with van der Waals surface area (Å²) in [5, 5.41) is 3.75. The van der Waals surface area contributed by atoms with Gasteiger partial charge >= 0.3 is 5.97 Å². The van der Waals surface area contributed by atoms with Crippen molar-refractivity contribution in [3.63, 3.8) is 0 Å². The van der Waals surface area contributed by atoms with Crippen molar-refractivity contribution >= 4 is 22.8 Å². The maximum Gasteiger partial charge on any atom is 0.338 e. The van der Waals surface area contributed by atoms with Gasteiger partial charge in [-0.1, -0.05) is 18.2 Å². The molecule has 5 nitrogen and oxygen atoms in total. The largest absolute Gasteiger partial charge is 0.464 e. The average Bonchev–Trinajstić information content (AvgIpc) is 3.05. The van der Waals surface area contributed by atoms with E-state index < -0.39 is 0 Å². The molecule has 1 heterocycles. The van der Waals surface area contributed by atoms with E-state index in [0.717, 1.165) is 10.9 Å². The van der Waals surface area contributed by atoms with Gasteiger partial charge in [0.2, 0.25) is 0 Å². The van der Waals surface area contributed by atoms with Crippen molar-refractivity contribution in [2.75, 3.05) is 13.2 Å². The molecular weight excluding hydrogens is 318 g/mol. The normalized spacial score (nSPS) is 10.6. The van der Waals surface area contributed by atoms with Gasteiger partial charge in [0.05, 0.1) is 18.4 Å². The Labute approximate surface area is 145 Å². The number of esters is 1. The van der Waals surface area contributed by atoms with Crippen molar-refractivity contribution in [2.45, 2.75) is 13.3 Å². The molecule has 2 aromatic carbocycles. The van der Waals surface area contributed by atoms with E-state index in [1.807, 2.05) is 18.2 Å². The monoisotopic (exact) mass is 337 g/mol.